The van der Waals surface area contributed by atoms with Crippen LogP contribution in [0.5, 0.6) is 0 Å². The van der Waals surface area contributed by atoms with Crippen molar-refractivity contribution in [2.45, 2.75) is 28.8 Å². The first kappa shape index (κ1) is 28.2. The van der Waals surface area contributed by atoms with Crippen molar-refractivity contribution in [1.82, 2.24) is 9.88 Å². The molecular formula is C30H27F3N4O4S2. The molecule has 0 radical (unpaired) electrons. The number of aromatic amines is 1. The monoisotopic (exact) mass is 628 g/mol. The Hall–Kier alpha value is -3.58. The van der Waals surface area contributed by atoms with E-state index in [0.29, 0.717) is 6.42 Å². The standard InChI is InChI=1S/C30H27F3N4O4S2/c1-36(2)16-8-6-13(7-9-16)20-21-17-11-18(24(21)42-26-25(20)43-29(41)35-26)23-22(17)27(39)37(28(23)40)12-19(38)34-15-5-3-4-14(10-15)30(31,32)33/h3-10,17-18,20-24H,11-12H2,1-2H3,(H,34,38)(H,35,41)/t17?,18?,20-,21?,22?,23?,24?/m1/s1. The van der Waals surface area contributed by atoms with E-state index in [1.807, 2.05) is 31.1 Å². The Bertz CT molecular complexity index is 1700. The van der Waals surface area contributed by atoms with E-state index in [1.165, 1.54) is 23.5 Å². The molecule has 224 valence electrons. The summed E-state index contributed by atoms with van der Waals surface area (Å²) in [5, 5.41) is 3.23. The first-order valence-corrected chi connectivity index (χ1v) is 15.6. The zero-order valence-electron chi connectivity index (χ0n) is 23.1. The summed E-state index contributed by atoms with van der Waals surface area (Å²) >= 11 is 2.77. The number of imide groups is 1. The second-order valence-corrected chi connectivity index (χ2v) is 14.0. The molecule has 6 unspecified atom stereocenters. The van der Waals surface area contributed by atoms with Crippen LogP contribution in [0.4, 0.5) is 24.5 Å². The number of aromatic nitrogens is 1. The van der Waals surface area contributed by atoms with Gasteiger partial charge in [-0.15, -0.1) is 11.8 Å². The predicted molar refractivity (Wildman–Crippen MR) is 156 cm³/mol. The molecule has 2 aliphatic heterocycles. The van der Waals surface area contributed by atoms with Crippen LogP contribution in [-0.4, -0.2) is 53.5 Å². The van der Waals surface area contributed by atoms with Crippen molar-refractivity contribution >= 4 is 52.2 Å². The van der Waals surface area contributed by atoms with Crippen LogP contribution >= 0.6 is 23.1 Å². The first-order chi connectivity index (χ1) is 20.4. The Morgan fingerprint density at radius 2 is 1.74 bits per heavy atom. The number of amides is 3. The van der Waals surface area contributed by atoms with Crippen LogP contribution in [0.2, 0.25) is 0 Å². The summed E-state index contributed by atoms with van der Waals surface area (Å²) in [6.45, 7) is -0.557. The van der Waals surface area contributed by atoms with E-state index in [9.17, 15) is 32.3 Å². The number of thioether (sulfide) groups is 1. The summed E-state index contributed by atoms with van der Waals surface area (Å²) in [4.78, 5) is 59.5. The fraction of sp³-hybridized carbons (Fsp3) is 0.400. The smallest absolute Gasteiger partial charge is 0.378 e. The number of carbonyl (C=O) groups is 3. The summed E-state index contributed by atoms with van der Waals surface area (Å²) in [7, 11) is 3.92. The second kappa shape index (κ2) is 9.98. The van der Waals surface area contributed by atoms with Gasteiger partial charge in [0.05, 0.1) is 22.4 Å². The number of hydrogen-bond acceptors (Lipinski definition) is 7. The average molecular weight is 629 g/mol. The van der Waals surface area contributed by atoms with Gasteiger partial charge in [0.15, 0.2) is 0 Å². The molecule has 4 aliphatic rings. The number of nitrogens with zero attached hydrogens (tertiary/aromatic N) is 2. The molecule has 2 N–H and O–H groups in total. The molecule has 3 fully saturated rings. The van der Waals surface area contributed by atoms with Crippen molar-refractivity contribution < 1.29 is 27.6 Å². The van der Waals surface area contributed by atoms with Gasteiger partial charge in [-0.1, -0.05) is 29.5 Å². The minimum Gasteiger partial charge on any atom is -0.378 e. The van der Waals surface area contributed by atoms with Crippen molar-refractivity contribution in [3.63, 3.8) is 0 Å². The zero-order valence-corrected chi connectivity index (χ0v) is 24.7. The Labute approximate surface area is 252 Å². The number of halogens is 3. The van der Waals surface area contributed by atoms with Gasteiger partial charge in [0.2, 0.25) is 17.7 Å². The molecule has 7 rings (SSSR count). The third-order valence-electron chi connectivity index (χ3n) is 9.36. The van der Waals surface area contributed by atoms with Crippen LogP contribution in [0, 0.1) is 29.6 Å². The highest BCUT2D eigenvalue weighted by molar-refractivity contribution is 8.00. The fourth-order valence-corrected chi connectivity index (χ4v) is 10.6. The lowest BCUT2D eigenvalue weighted by Crippen LogP contribution is -2.42. The number of H-pyrrole nitrogens is 1. The van der Waals surface area contributed by atoms with Crippen LogP contribution in [0.3, 0.4) is 0 Å². The Kier molecular flexibility index (Phi) is 6.55. The first-order valence-electron chi connectivity index (χ1n) is 13.9. The molecule has 43 heavy (non-hydrogen) atoms. The van der Waals surface area contributed by atoms with Crippen LogP contribution in [0.1, 0.15) is 28.3 Å². The van der Waals surface area contributed by atoms with Crippen molar-refractivity contribution in [3.05, 3.63) is 74.2 Å². The van der Waals surface area contributed by atoms with Gasteiger partial charge in [0.25, 0.3) is 0 Å². The Morgan fingerprint density at radius 3 is 2.42 bits per heavy atom. The van der Waals surface area contributed by atoms with Gasteiger partial charge in [-0.05, 0) is 60.1 Å². The number of hydrogen-bond donors (Lipinski definition) is 2. The zero-order chi connectivity index (χ0) is 30.4. The van der Waals surface area contributed by atoms with E-state index in [-0.39, 0.29) is 39.5 Å². The molecule has 13 heteroatoms. The number of benzene rings is 2. The van der Waals surface area contributed by atoms with Gasteiger partial charge in [0.1, 0.15) is 6.54 Å². The molecule has 2 bridgehead atoms. The molecule has 1 aromatic heterocycles. The number of carbonyl (C=O) groups excluding carboxylic acids is 3. The molecule has 2 aliphatic carbocycles. The van der Waals surface area contributed by atoms with Crippen molar-refractivity contribution in [3.8, 4) is 0 Å². The quantitative estimate of drug-likeness (QED) is 0.400. The third-order valence-corrected chi connectivity index (χ3v) is 11.9. The molecule has 0 spiro atoms. The van der Waals surface area contributed by atoms with Gasteiger partial charge in [-0.2, -0.15) is 13.2 Å². The SMILES string of the molecule is CN(C)c1ccc([C@H]2c3sc(=O)[nH]c3SC3C4CC(C5C(=O)N(CC(=O)Nc6cccc(C(F)(F)F)c6)C(=O)C45)C32)cc1. The van der Waals surface area contributed by atoms with E-state index in [2.05, 4.69) is 22.4 Å². The van der Waals surface area contributed by atoms with Gasteiger partial charge in [-0.3, -0.25) is 24.1 Å². The maximum Gasteiger partial charge on any atom is 0.416 e. The lowest BCUT2D eigenvalue weighted by atomic mass is 9.68. The highest BCUT2D eigenvalue weighted by atomic mass is 32.2. The summed E-state index contributed by atoms with van der Waals surface area (Å²) < 4.78 is 39.3. The number of alkyl halides is 3. The van der Waals surface area contributed by atoms with Gasteiger partial charge < -0.3 is 15.2 Å². The minimum absolute atomic E-state index is 0.0122. The minimum atomic E-state index is -4.57. The van der Waals surface area contributed by atoms with Crippen LogP contribution in [0.15, 0.2) is 58.4 Å². The second-order valence-electron chi connectivity index (χ2n) is 11.8. The van der Waals surface area contributed by atoms with E-state index < -0.39 is 47.8 Å². The van der Waals surface area contributed by atoms with Crippen molar-refractivity contribution in [1.29, 1.82) is 0 Å². The summed E-state index contributed by atoms with van der Waals surface area (Å²) in [6.07, 6.45) is -3.86. The summed E-state index contributed by atoms with van der Waals surface area (Å²) in [5.74, 6) is -2.97. The molecular weight excluding hydrogens is 601 g/mol. The third kappa shape index (κ3) is 4.50. The topological polar surface area (TPSA) is 103 Å². The molecule has 7 atom stereocenters. The van der Waals surface area contributed by atoms with Crippen LogP contribution < -0.4 is 15.1 Å². The van der Waals surface area contributed by atoms with Gasteiger partial charge in [0, 0.05) is 41.5 Å². The molecule has 2 saturated carbocycles. The van der Waals surface area contributed by atoms with Gasteiger partial charge in [-0.25, -0.2) is 0 Å². The lowest BCUT2D eigenvalue weighted by Gasteiger charge is -2.43. The van der Waals surface area contributed by atoms with E-state index in [4.69, 9.17) is 0 Å². The fourth-order valence-electron chi connectivity index (χ4n) is 7.70. The molecule has 2 aromatic carbocycles. The van der Waals surface area contributed by atoms with Crippen LogP contribution in [0.25, 0.3) is 0 Å². The van der Waals surface area contributed by atoms with E-state index in [1.54, 1.807) is 11.8 Å². The molecule has 8 nitrogen and oxygen atoms in total. The van der Waals surface area contributed by atoms with Crippen molar-refractivity contribution in [2.24, 2.45) is 29.6 Å². The van der Waals surface area contributed by atoms with E-state index in [0.717, 1.165) is 38.2 Å². The number of likely N-dealkylation sites (tertiary alicyclic amines) is 1. The number of thiazole rings is 1. The van der Waals surface area contributed by atoms with Gasteiger partial charge >= 0.3 is 11.0 Å². The summed E-state index contributed by atoms with van der Waals surface area (Å²) in [5.41, 5.74) is 1.11. The highest BCUT2D eigenvalue weighted by Crippen LogP contribution is 2.68. The Morgan fingerprint density at radius 1 is 1.05 bits per heavy atom. The lowest BCUT2D eigenvalue weighted by molar-refractivity contribution is -0.143. The summed E-state index contributed by atoms with van der Waals surface area (Å²) in [6, 6.07) is 12.4. The number of rotatable bonds is 5. The van der Waals surface area contributed by atoms with Crippen molar-refractivity contribution in [2.75, 3.05) is 30.9 Å². The molecule has 3 amide bonds. The number of nitrogens with one attached hydrogen (secondary N) is 2. The number of fused-ring (bicyclic) bond motifs is 9. The van der Waals surface area contributed by atoms with E-state index >= 15 is 0 Å². The molecule has 1 saturated heterocycles. The Balaban J connectivity index is 1.16. The normalized spacial score (nSPS) is 29.0. The molecule has 3 heterocycles. The largest absolute Gasteiger partial charge is 0.416 e. The number of anilines is 2. The maximum atomic E-state index is 13.8. The average Bonchev–Trinajstić information content (AvgIpc) is 3.69. The maximum absolute atomic E-state index is 13.8. The predicted octanol–water partition coefficient (Wildman–Crippen LogP) is 4.63. The van der Waals surface area contributed by atoms with Crippen LogP contribution in [-0.2, 0) is 20.6 Å². The highest BCUT2D eigenvalue weighted by Gasteiger charge is 2.69. The molecule has 3 aromatic rings.